The molecule has 0 saturated heterocycles. The molecule has 6 nitrogen and oxygen atoms in total. The predicted octanol–water partition coefficient (Wildman–Crippen LogP) is 5.50. The lowest BCUT2D eigenvalue weighted by atomic mass is 9.93. The summed E-state index contributed by atoms with van der Waals surface area (Å²) in [4.78, 5) is 30.9. The minimum Gasteiger partial charge on any atom is -0.382 e. The highest BCUT2D eigenvalue weighted by Gasteiger charge is 2.32. The standard InChI is InChI=1S/C30H45N3O3/c1-5-36-21-13-20-32(29(35)30(2,3)4)24-28(34)33(26-16-10-7-11-17-26)23-27-18-12-19-31(27)22-25-14-8-6-9-15-25/h6,8-9,12,14-15,18-19,26H,5,7,10-11,13,16-17,20-24H2,1-4H3. The van der Waals surface area contributed by atoms with Crippen molar-refractivity contribution in [3.05, 3.63) is 59.9 Å². The summed E-state index contributed by atoms with van der Waals surface area (Å²) >= 11 is 0. The molecule has 1 heterocycles. The summed E-state index contributed by atoms with van der Waals surface area (Å²) in [5, 5.41) is 0. The van der Waals surface area contributed by atoms with Gasteiger partial charge in [0.15, 0.2) is 0 Å². The molecule has 1 aliphatic carbocycles. The van der Waals surface area contributed by atoms with E-state index >= 15 is 0 Å². The summed E-state index contributed by atoms with van der Waals surface area (Å²) < 4.78 is 7.73. The second-order valence-electron chi connectivity index (χ2n) is 11.0. The molecular weight excluding hydrogens is 450 g/mol. The summed E-state index contributed by atoms with van der Waals surface area (Å²) in [6, 6.07) is 14.8. The van der Waals surface area contributed by atoms with Crippen LogP contribution >= 0.6 is 0 Å². The zero-order valence-corrected chi connectivity index (χ0v) is 22.7. The normalized spacial score (nSPS) is 14.6. The summed E-state index contributed by atoms with van der Waals surface area (Å²) in [6.45, 7) is 11.0. The molecule has 1 aliphatic rings. The van der Waals surface area contributed by atoms with Crippen LogP contribution in [0, 0.1) is 5.41 Å². The second kappa shape index (κ2) is 13.6. The maximum atomic E-state index is 13.9. The molecule has 1 saturated carbocycles. The fraction of sp³-hybridized carbons (Fsp3) is 0.600. The first kappa shape index (κ1) is 28.0. The predicted molar refractivity (Wildman–Crippen MR) is 145 cm³/mol. The van der Waals surface area contributed by atoms with Gasteiger partial charge in [-0.05, 0) is 43.9 Å². The van der Waals surface area contributed by atoms with Gasteiger partial charge in [0.2, 0.25) is 11.8 Å². The number of aromatic nitrogens is 1. The van der Waals surface area contributed by atoms with Gasteiger partial charge in [-0.25, -0.2) is 0 Å². The highest BCUT2D eigenvalue weighted by Crippen LogP contribution is 2.26. The quantitative estimate of drug-likeness (QED) is 0.366. The summed E-state index contributed by atoms with van der Waals surface area (Å²) in [5.74, 6) is 0.0618. The molecule has 1 fully saturated rings. The van der Waals surface area contributed by atoms with Crippen molar-refractivity contribution in [3.8, 4) is 0 Å². The number of hydrogen-bond donors (Lipinski definition) is 0. The van der Waals surface area contributed by atoms with E-state index in [4.69, 9.17) is 4.74 Å². The fourth-order valence-corrected chi connectivity index (χ4v) is 5.00. The van der Waals surface area contributed by atoms with Crippen LogP contribution < -0.4 is 0 Å². The van der Waals surface area contributed by atoms with E-state index in [-0.39, 0.29) is 24.4 Å². The maximum Gasteiger partial charge on any atom is 0.242 e. The molecule has 1 aromatic carbocycles. The van der Waals surface area contributed by atoms with Gasteiger partial charge in [-0.3, -0.25) is 9.59 Å². The number of amides is 2. The Hall–Kier alpha value is -2.60. The van der Waals surface area contributed by atoms with E-state index in [2.05, 4.69) is 52.1 Å². The smallest absolute Gasteiger partial charge is 0.242 e. The van der Waals surface area contributed by atoms with Crippen molar-refractivity contribution in [2.45, 2.75) is 85.4 Å². The minimum absolute atomic E-state index is 0.0170. The average Bonchev–Trinajstić information content (AvgIpc) is 3.30. The Labute approximate surface area is 217 Å². The van der Waals surface area contributed by atoms with E-state index in [0.717, 1.165) is 44.3 Å². The van der Waals surface area contributed by atoms with E-state index < -0.39 is 5.41 Å². The van der Waals surface area contributed by atoms with Crippen molar-refractivity contribution < 1.29 is 14.3 Å². The second-order valence-corrected chi connectivity index (χ2v) is 11.0. The number of rotatable bonds is 12. The number of hydrogen-bond acceptors (Lipinski definition) is 3. The SMILES string of the molecule is CCOCCCN(CC(=O)N(Cc1cccn1Cc1ccccc1)C1CCCCC1)C(=O)C(C)(C)C. The monoisotopic (exact) mass is 495 g/mol. The molecule has 0 radical (unpaired) electrons. The van der Waals surface area contributed by atoms with Gasteiger partial charge in [0.1, 0.15) is 0 Å². The van der Waals surface area contributed by atoms with Gasteiger partial charge in [-0.15, -0.1) is 0 Å². The third-order valence-electron chi connectivity index (χ3n) is 6.96. The van der Waals surface area contributed by atoms with Crippen LogP contribution in [0.4, 0.5) is 0 Å². The van der Waals surface area contributed by atoms with Crippen LogP contribution in [-0.2, 0) is 27.4 Å². The Bertz CT molecular complexity index is 942. The first-order chi connectivity index (χ1) is 17.3. The van der Waals surface area contributed by atoms with Gasteiger partial charge in [0, 0.05) is 49.7 Å². The molecule has 0 atom stereocenters. The van der Waals surface area contributed by atoms with Crippen LogP contribution in [-0.4, -0.2) is 58.5 Å². The average molecular weight is 496 g/mol. The van der Waals surface area contributed by atoms with Crippen LogP contribution in [0.3, 0.4) is 0 Å². The van der Waals surface area contributed by atoms with Gasteiger partial charge in [-0.2, -0.15) is 0 Å². The lowest BCUT2D eigenvalue weighted by Gasteiger charge is -2.37. The zero-order valence-electron chi connectivity index (χ0n) is 22.7. The lowest BCUT2D eigenvalue weighted by Crippen LogP contribution is -2.50. The summed E-state index contributed by atoms with van der Waals surface area (Å²) in [7, 11) is 0. The number of carbonyl (C=O) groups is 2. The molecular formula is C30H45N3O3. The maximum absolute atomic E-state index is 13.9. The Morgan fingerprint density at radius 2 is 1.75 bits per heavy atom. The number of carbonyl (C=O) groups excluding carboxylic acids is 2. The van der Waals surface area contributed by atoms with Gasteiger partial charge < -0.3 is 19.1 Å². The molecule has 3 rings (SSSR count). The van der Waals surface area contributed by atoms with Crippen LogP contribution in [0.15, 0.2) is 48.7 Å². The van der Waals surface area contributed by atoms with E-state index in [0.29, 0.717) is 26.3 Å². The molecule has 198 valence electrons. The molecule has 0 spiro atoms. The third-order valence-corrected chi connectivity index (χ3v) is 6.96. The zero-order chi connectivity index (χ0) is 26.0. The van der Waals surface area contributed by atoms with Gasteiger partial charge >= 0.3 is 0 Å². The highest BCUT2D eigenvalue weighted by molar-refractivity contribution is 5.87. The molecule has 2 aromatic rings. The summed E-state index contributed by atoms with van der Waals surface area (Å²) in [6.07, 6.45) is 8.42. The topological polar surface area (TPSA) is 54.8 Å². The van der Waals surface area contributed by atoms with Gasteiger partial charge in [0.05, 0.1) is 13.1 Å². The van der Waals surface area contributed by atoms with Crippen molar-refractivity contribution in [1.82, 2.24) is 14.4 Å². The summed E-state index contributed by atoms with van der Waals surface area (Å²) in [5.41, 5.74) is 1.83. The van der Waals surface area contributed by atoms with E-state index in [1.54, 1.807) is 4.90 Å². The van der Waals surface area contributed by atoms with E-state index in [1.807, 2.05) is 33.8 Å². The molecule has 1 aromatic heterocycles. The molecule has 0 bridgehead atoms. The van der Waals surface area contributed by atoms with Crippen LogP contribution in [0.1, 0.15) is 77.5 Å². The highest BCUT2D eigenvalue weighted by atomic mass is 16.5. The first-order valence-electron chi connectivity index (χ1n) is 13.6. The number of ether oxygens (including phenoxy) is 1. The Morgan fingerprint density at radius 3 is 2.42 bits per heavy atom. The number of nitrogens with zero attached hydrogens (tertiary/aromatic N) is 3. The van der Waals surface area contributed by atoms with Crippen LogP contribution in [0.2, 0.25) is 0 Å². The van der Waals surface area contributed by atoms with Crippen molar-refractivity contribution in [2.75, 3.05) is 26.3 Å². The van der Waals surface area contributed by atoms with Crippen molar-refractivity contribution in [2.24, 2.45) is 5.41 Å². The lowest BCUT2D eigenvalue weighted by molar-refractivity contribution is -0.147. The van der Waals surface area contributed by atoms with Gasteiger partial charge in [-0.1, -0.05) is 70.4 Å². The fourth-order valence-electron chi connectivity index (χ4n) is 5.00. The Balaban J connectivity index is 1.78. The van der Waals surface area contributed by atoms with Crippen molar-refractivity contribution in [3.63, 3.8) is 0 Å². The van der Waals surface area contributed by atoms with Crippen molar-refractivity contribution in [1.29, 1.82) is 0 Å². The van der Waals surface area contributed by atoms with Crippen LogP contribution in [0.25, 0.3) is 0 Å². The molecule has 0 N–H and O–H groups in total. The van der Waals surface area contributed by atoms with Crippen LogP contribution in [0.5, 0.6) is 0 Å². The molecule has 36 heavy (non-hydrogen) atoms. The van der Waals surface area contributed by atoms with E-state index in [9.17, 15) is 9.59 Å². The largest absolute Gasteiger partial charge is 0.382 e. The molecule has 0 unspecified atom stereocenters. The third kappa shape index (κ3) is 8.22. The number of benzene rings is 1. The van der Waals surface area contributed by atoms with Crippen molar-refractivity contribution >= 4 is 11.8 Å². The molecule has 2 amide bonds. The first-order valence-corrected chi connectivity index (χ1v) is 13.6. The minimum atomic E-state index is -0.536. The van der Waals surface area contributed by atoms with Gasteiger partial charge in [0.25, 0.3) is 0 Å². The molecule has 0 aliphatic heterocycles. The van der Waals surface area contributed by atoms with E-state index in [1.165, 1.54) is 12.0 Å². The Kier molecular flexibility index (Phi) is 10.6. The molecule has 6 heteroatoms. The Morgan fingerprint density at radius 1 is 1.03 bits per heavy atom.